The van der Waals surface area contributed by atoms with Gasteiger partial charge in [-0.1, -0.05) is 13.8 Å². The molecule has 29 heavy (non-hydrogen) atoms. The van der Waals surface area contributed by atoms with Gasteiger partial charge in [0.2, 0.25) is 0 Å². The second kappa shape index (κ2) is 11.0. The summed E-state index contributed by atoms with van der Waals surface area (Å²) in [4.78, 5) is 11.6. The molecule has 2 aromatic carbocycles. The molecule has 1 atom stereocenters. The Morgan fingerprint density at radius 2 is 1.83 bits per heavy atom. The largest absolute Gasteiger partial charge is 0.490 e. The minimum atomic E-state index is -0.704. The molecule has 0 heterocycles. The number of nitrogens with one attached hydrogen (secondary N) is 1. The molecule has 0 fully saturated rings. The number of hydrogen-bond donors (Lipinski definition) is 1. The van der Waals surface area contributed by atoms with Crippen molar-refractivity contribution in [1.29, 1.82) is 5.26 Å². The fourth-order valence-electron chi connectivity index (χ4n) is 2.62. The summed E-state index contributed by atoms with van der Waals surface area (Å²) in [6.45, 7) is 8.66. The van der Waals surface area contributed by atoms with Crippen LogP contribution in [0.15, 0.2) is 42.5 Å². The van der Waals surface area contributed by atoms with Crippen molar-refractivity contribution in [2.45, 2.75) is 40.3 Å². The van der Waals surface area contributed by atoms with Crippen LogP contribution >= 0.6 is 0 Å². The minimum absolute atomic E-state index is 0.411. The molecule has 0 aromatic heterocycles. The van der Waals surface area contributed by atoms with Gasteiger partial charge in [-0.15, -0.1) is 0 Å². The summed E-state index contributed by atoms with van der Waals surface area (Å²) in [7, 11) is 0. The maximum atomic E-state index is 11.6. The number of hydrogen-bond acceptors (Lipinski definition) is 6. The predicted molar refractivity (Wildman–Crippen MR) is 112 cm³/mol. The zero-order valence-corrected chi connectivity index (χ0v) is 17.4. The summed E-state index contributed by atoms with van der Waals surface area (Å²) in [6, 6.07) is 14.5. The first-order valence-corrected chi connectivity index (χ1v) is 9.76. The number of anilines is 1. The van der Waals surface area contributed by atoms with Crippen LogP contribution in [-0.4, -0.2) is 19.2 Å². The highest BCUT2D eigenvalue weighted by Crippen LogP contribution is 2.32. The monoisotopic (exact) mass is 396 g/mol. The molecule has 0 aliphatic carbocycles. The quantitative estimate of drug-likeness (QED) is 0.447. The summed E-state index contributed by atoms with van der Waals surface area (Å²) in [5, 5.41) is 12.1. The first kappa shape index (κ1) is 22.1. The maximum Gasteiger partial charge on any atom is 0.304 e. The fourth-order valence-corrected chi connectivity index (χ4v) is 2.62. The van der Waals surface area contributed by atoms with Gasteiger partial charge in [-0.3, -0.25) is 4.79 Å². The number of rotatable bonds is 10. The third-order valence-electron chi connectivity index (χ3n) is 4.12. The van der Waals surface area contributed by atoms with Crippen LogP contribution in [0.5, 0.6) is 11.5 Å². The van der Waals surface area contributed by atoms with Crippen LogP contribution in [0.4, 0.5) is 5.69 Å². The molecule has 6 heteroatoms. The minimum Gasteiger partial charge on any atom is -0.490 e. The van der Waals surface area contributed by atoms with Crippen molar-refractivity contribution in [2.75, 3.05) is 18.5 Å². The van der Waals surface area contributed by atoms with Gasteiger partial charge in [0.15, 0.2) is 17.7 Å². The second-order valence-corrected chi connectivity index (χ2v) is 6.99. The molecule has 0 spiro atoms. The molecule has 1 unspecified atom stereocenters. The summed E-state index contributed by atoms with van der Waals surface area (Å²) in [5.41, 5.74) is 2.01. The molecule has 6 nitrogen and oxygen atoms in total. The van der Waals surface area contributed by atoms with E-state index in [2.05, 4.69) is 25.2 Å². The van der Waals surface area contributed by atoms with Crippen LogP contribution in [0.2, 0.25) is 0 Å². The smallest absolute Gasteiger partial charge is 0.304 e. The molecule has 0 amide bonds. The first-order chi connectivity index (χ1) is 13.9. The van der Waals surface area contributed by atoms with Gasteiger partial charge in [-0.05, 0) is 61.7 Å². The van der Waals surface area contributed by atoms with Crippen LogP contribution < -0.4 is 14.8 Å². The lowest BCUT2D eigenvalue weighted by Crippen LogP contribution is -2.17. The summed E-state index contributed by atoms with van der Waals surface area (Å²) < 4.78 is 17.1. The van der Waals surface area contributed by atoms with Crippen molar-refractivity contribution in [3.63, 3.8) is 0 Å². The molecule has 2 rings (SSSR count). The van der Waals surface area contributed by atoms with E-state index in [0.717, 1.165) is 17.7 Å². The predicted octanol–water partition coefficient (Wildman–Crippen LogP) is 5.06. The molecule has 0 radical (unpaired) electrons. The Morgan fingerprint density at radius 3 is 2.41 bits per heavy atom. The van der Waals surface area contributed by atoms with Crippen molar-refractivity contribution in [3.05, 3.63) is 53.6 Å². The number of nitrogens with zero attached hydrogens (tertiary/aromatic N) is 1. The standard InChI is InChI=1S/C23H28N2O4/c1-5-27-22-14-19(8-11-21(22)28-13-12-16(2)3)23(29-17(4)26)25-20-9-6-18(15-24)7-10-20/h6-11,14,16,23,25H,5,12-13H2,1-4H3. The van der Waals surface area contributed by atoms with E-state index in [1.165, 1.54) is 6.92 Å². The number of nitriles is 1. The Morgan fingerprint density at radius 1 is 1.10 bits per heavy atom. The molecule has 0 aliphatic rings. The SMILES string of the molecule is CCOc1cc(C(Nc2ccc(C#N)cc2)OC(C)=O)ccc1OCCC(C)C. The molecule has 154 valence electrons. The molecule has 1 N–H and O–H groups in total. The number of benzene rings is 2. The second-order valence-electron chi connectivity index (χ2n) is 6.99. The zero-order valence-electron chi connectivity index (χ0n) is 17.4. The highest BCUT2D eigenvalue weighted by Gasteiger charge is 2.18. The molecule has 0 aliphatic heterocycles. The average molecular weight is 396 g/mol. The third kappa shape index (κ3) is 7.04. The average Bonchev–Trinajstić information content (AvgIpc) is 2.68. The topological polar surface area (TPSA) is 80.6 Å². The van der Waals surface area contributed by atoms with Crippen LogP contribution in [0.25, 0.3) is 0 Å². The lowest BCUT2D eigenvalue weighted by atomic mass is 10.1. The fraction of sp³-hybridized carbons (Fsp3) is 0.391. The van der Waals surface area contributed by atoms with Gasteiger partial charge in [0, 0.05) is 18.2 Å². The molecule has 0 saturated carbocycles. The van der Waals surface area contributed by atoms with Crippen molar-refractivity contribution < 1.29 is 19.0 Å². The van der Waals surface area contributed by atoms with Gasteiger partial charge in [-0.25, -0.2) is 0 Å². The van der Waals surface area contributed by atoms with E-state index >= 15 is 0 Å². The van der Waals surface area contributed by atoms with E-state index in [1.807, 2.05) is 25.1 Å². The van der Waals surface area contributed by atoms with Crippen molar-refractivity contribution in [1.82, 2.24) is 0 Å². The number of carbonyl (C=O) groups excluding carboxylic acids is 1. The maximum absolute atomic E-state index is 11.6. The van der Waals surface area contributed by atoms with E-state index in [4.69, 9.17) is 19.5 Å². The van der Waals surface area contributed by atoms with Crippen LogP contribution in [0, 0.1) is 17.2 Å². The number of esters is 1. The van der Waals surface area contributed by atoms with Gasteiger partial charge in [0.25, 0.3) is 0 Å². The lowest BCUT2D eigenvalue weighted by molar-refractivity contribution is -0.145. The normalized spacial score (nSPS) is 11.4. The van der Waals surface area contributed by atoms with Gasteiger partial charge in [0.05, 0.1) is 24.8 Å². The van der Waals surface area contributed by atoms with E-state index in [1.54, 1.807) is 24.3 Å². The van der Waals surface area contributed by atoms with Crippen molar-refractivity contribution in [3.8, 4) is 17.6 Å². The number of carbonyl (C=O) groups is 1. The summed E-state index contributed by atoms with van der Waals surface area (Å²) >= 11 is 0. The van der Waals surface area contributed by atoms with Crippen molar-refractivity contribution >= 4 is 11.7 Å². The molecule has 2 aromatic rings. The van der Waals surface area contributed by atoms with E-state index < -0.39 is 12.2 Å². The van der Waals surface area contributed by atoms with Gasteiger partial charge in [-0.2, -0.15) is 5.26 Å². The Bertz CT molecular complexity index is 841. The summed E-state index contributed by atoms with van der Waals surface area (Å²) in [5.74, 6) is 1.41. The summed E-state index contributed by atoms with van der Waals surface area (Å²) in [6.07, 6.45) is 0.244. The van der Waals surface area contributed by atoms with Crippen LogP contribution in [0.3, 0.4) is 0 Å². The highest BCUT2D eigenvalue weighted by atomic mass is 16.6. The van der Waals surface area contributed by atoms with Crippen LogP contribution in [-0.2, 0) is 9.53 Å². The Labute approximate surface area is 172 Å². The Hall–Kier alpha value is -3.20. The van der Waals surface area contributed by atoms with E-state index in [0.29, 0.717) is 36.2 Å². The van der Waals surface area contributed by atoms with E-state index in [-0.39, 0.29) is 0 Å². The highest BCUT2D eigenvalue weighted by molar-refractivity contribution is 5.67. The van der Waals surface area contributed by atoms with Gasteiger partial charge in [0.1, 0.15) is 0 Å². The third-order valence-corrected chi connectivity index (χ3v) is 4.12. The van der Waals surface area contributed by atoms with Crippen LogP contribution in [0.1, 0.15) is 51.5 Å². The Balaban J connectivity index is 2.25. The van der Waals surface area contributed by atoms with Gasteiger partial charge < -0.3 is 19.5 Å². The molecule has 0 saturated heterocycles. The van der Waals surface area contributed by atoms with Gasteiger partial charge >= 0.3 is 5.97 Å². The van der Waals surface area contributed by atoms with E-state index in [9.17, 15) is 4.79 Å². The Kier molecular flexibility index (Phi) is 8.35. The first-order valence-electron chi connectivity index (χ1n) is 9.76. The number of ether oxygens (including phenoxy) is 3. The lowest BCUT2D eigenvalue weighted by Gasteiger charge is -2.22. The molecule has 0 bridgehead atoms. The molecular formula is C23H28N2O4. The van der Waals surface area contributed by atoms with Crippen molar-refractivity contribution in [2.24, 2.45) is 5.92 Å². The molecular weight excluding hydrogens is 368 g/mol. The zero-order chi connectivity index (χ0) is 21.2.